The number of aryl methyl sites for hydroxylation is 1. The molecule has 0 aliphatic carbocycles. The van der Waals surface area contributed by atoms with E-state index in [2.05, 4.69) is 27.3 Å². The summed E-state index contributed by atoms with van der Waals surface area (Å²) in [5, 5.41) is 4.50. The van der Waals surface area contributed by atoms with Crippen LogP contribution in [0.1, 0.15) is 24.1 Å². The zero-order chi connectivity index (χ0) is 17.2. The largest absolute Gasteiger partial charge is 0.496 e. The summed E-state index contributed by atoms with van der Waals surface area (Å²) >= 11 is 0. The summed E-state index contributed by atoms with van der Waals surface area (Å²) in [5.41, 5.74) is 3.08. The van der Waals surface area contributed by atoms with E-state index in [9.17, 15) is 0 Å². The van der Waals surface area contributed by atoms with Crippen LogP contribution in [0.3, 0.4) is 0 Å². The molecule has 3 heterocycles. The number of aromatic nitrogens is 3. The lowest BCUT2D eigenvalue weighted by molar-refractivity contribution is 0.410. The maximum atomic E-state index is 5.44. The van der Waals surface area contributed by atoms with Crippen molar-refractivity contribution in [1.82, 2.24) is 15.0 Å². The lowest BCUT2D eigenvalue weighted by atomic mass is 10.2. The average Bonchev–Trinajstić information content (AvgIpc) is 3.28. The predicted octanol–water partition coefficient (Wildman–Crippen LogP) is 3.49. The topological polar surface area (TPSA) is 66.1 Å². The van der Waals surface area contributed by atoms with Gasteiger partial charge in [-0.2, -0.15) is 9.97 Å². The number of ether oxygens (including phenoxy) is 1. The number of benzene rings is 1. The van der Waals surface area contributed by atoms with Crippen molar-refractivity contribution in [2.24, 2.45) is 0 Å². The summed E-state index contributed by atoms with van der Waals surface area (Å²) in [6.45, 7) is 4.75. The molecule has 6 nitrogen and oxygen atoms in total. The summed E-state index contributed by atoms with van der Waals surface area (Å²) in [6, 6.07) is 10.1. The summed E-state index contributed by atoms with van der Waals surface area (Å²) in [4.78, 5) is 15.1. The Kier molecular flexibility index (Phi) is 4.17. The number of nitrogens with one attached hydrogen (secondary N) is 2. The number of fused-ring (bicyclic) bond motifs is 1. The lowest BCUT2D eigenvalue weighted by Gasteiger charge is -2.17. The maximum Gasteiger partial charge on any atom is 0.229 e. The second-order valence-corrected chi connectivity index (χ2v) is 6.45. The molecule has 130 valence electrons. The molecule has 6 heteroatoms. The van der Waals surface area contributed by atoms with Gasteiger partial charge < -0.3 is 19.9 Å². The molecule has 0 amide bonds. The van der Waals surface area contributed by atoms with E-state index in [0.717, 1.165) is 52.9 Å². The number of aromatic amines is 1. The highest BCUT2D eigenvalue weighted by atomic mass is 16.5. The molecule has 0 atom stereocenters. The number of hydrogen-bond donors (Lipinski definition) is 2. The van der Waals surface area contributed by atoms with Crippen LogP contribution in [0.2, 0.25) is 0 Å². The fraction of sp³-hybridized carbons (Fsp3) is 0.368. The summed E-state index contributed by atoms with van der Waals surface area (Å²) in [5.74, 6) is 2.54. The minimum absolute atomic E-state index is 0.653. The van der Waals surface area contributed by atoms with E-state index >= 15 is 0 Å². The van der Waals surface area contributed by atoms with Gasteiger partial charge in [0.15, 0.2) is 0 Å². The molecule has 4 rings (SSSR count). The predicted molar refractivity (Wildman–Crippen MR) is 100 cm³/mol. The van der Waals surface area contributed by atoms with Crippen molar-refractivity contribution < 1.29 is 4.74 Å². The molecule has 2 N–H and O–H groups in total. The Morgan fingerprint density at radius 2 is 2.00 bits per heavy atom. The number of nitrogens with zero attached hydrogens (tertiary/aromatic N) is 3. The van der Waals surface area contributed by atoms with E-state index in [-0.39, 0.29) is 0 Å². The first kappa shape index (κ1) is 15.7. The molecule has 3 aromatic rings. The van der Waals surface area contributed by atoms with Crippen molar-refractivity contribution in [1.29, 1.82) is 0 Å². The fourth-order valence-corrected chi connectivity index (χ4v) is 3.35. The first-order valence-corrected chi connectivity index (χ1v) is 8.72. The van der Waals surface area contributed by atoms with Crippen LogP contribution in [-0.2, 0) is 6.54 Å². The Hall–Kier alpha value is -2.76. The normalized spacial score (nSPS) is 14.2. The van der Waals surface area contributed by atoms with Crippen LogP contribution in [0.15, 0.2) is 30.3 Å². The number of anilines is 2. The molecule has 1 saturated heterocycles. The van der Waals surface area contributed by atoms with Gasteiger partial charge in [-0.25, -0.2) is 0 Å². The van der Waals surface area contributed by atoms with Gasteiger partial charge in [-0.15, -0.1) is 0 Å². The van der Waals surface area contributed by atoms with Crippen LogP contribution < -0.4 is 15.0 Å². The van der Waals surface area contributed by atoms with Gasteiger partial charge in [-0.05, 0) is 31.9 Å². The Balaban J connectivity index is 1.67. The highest BCUT2D eigenvalue weighted by Gasteiger charge is 2.18. The molecule has 25 heavy (non-hydrogen) atoms. The number of para-hydroxylation sites is 1. The molecular weight excluding hydrogens is 314 g/mol. The minimum Gasteiger partial charge on any atom is -0.496 e. The van der Waals surface area contributed by atoms with Crippen molar-refractivity contribution in [3.63, 3.8) is 0 Å². The number of H-pyrrole nitrogens is 1. The van der Waals surface area contributed by atoms with Crippen molar-refractivity contribution in [2.75, 3.05) is 30.4 Å². The molecule has 1 fully saturated rings. The Labute approximate surface area is 147 Å². The first-order chi connectivity index (χ1) is 12.2. The summed E-state index contributed by atoms with van der Waals surface area (Å²) in [6.07, 6.45) is 2.41. The zero-order valence-corrected chi connectivity index (χ0v) is 14.7. The second-order valence-electron chi connectivity index (χ2n) is 6.45. The molecule has 1 aliphatic rings. The smallest absolute Gasteiger partial charge is 0.229 e. The third-order valence-electron chi connectivity index (χ3n) is 4.64. The van der Waals surface area contributed by atoms with Crippen molar-refractivity contribution >= 4 is 22.8 Å². The summed E-state index contributed by atoms with van der Waals surface area (Å²) in [7, 11) is 1.70. The molecule has 0 radical (unpaired) electrons. The van der Waals surface area contributed by atoms with Crippen LogP contribution in [-0.4, -0.2) is 35.2 Å². The van der Waals surface area contributed by atoms with Gasteiger partial charge in [-0.3, -0.25) is 0 Å². The first-order valence-electron chi connectivity index (χ1n) is 8.72. The van der Waals surface area contributed by atoms with E-state index in [4.69, 9.17) is 14.7 Å². The van der Waals surface area contributed by atoms with Gasteiger partial charge in [0.05, 0.1) is 12.5 Å². The molecular formula is C19H23N5O. The Morgan fingerprint density at radius 3 is 2.80 bits per heavy atom. The van der Waals surface area contributed by atoms with Crippen LogP contribution in [0, 0.1) is 6.92 Å². The zero-order valence-electron chi connectivity index (χ0n) is 14.7. The highest BCUT2D eigenvalue weighted by molar-refractivity contribution is 5.89. The van der Waals surface area contributed by atoms with E-state index in [1.54, 1.807) is 7.11 Å². The van der Waals surface area contributed by atoms with Crippen molar-refractivity contribution in [2.45, 2.75) is 26.3 Å². The molecule has 1 aromatic carbocycles. The van der Waals surface area contributed by atoms with Gasteiger partial charge in [0.25, 0.3) is 0 Å². The van der Waals surface area contributed by atoms with Crippen LogP contribution in [0.5, 0.6) is 5.75 Å². The van der Waals surface area contributed by atoms with Gasteiger partial charge in [0.2, 0.25) is 5.95 Å². The number of rotatable bonds is 5. The minimum atomic E-state index is 0.653. The van der Waals surface area contributed by atoms with Gasteiger partial charge >= 0.3 is 0 Å². The van der Waals surface area contributed by atoms with Crippen molar-refractivity contribution in [3.8, 4) is 5.75 Å². The highest BCUT2D eigenvalue weighted by Crippen LogP contribution is 2.27. The Bertz CT molecular complexity index is 883. The fourth-order valence-electron chi connectivity index (χ4n) is 3.35. The lowest BCUT2D eigenvalue weighted by Crippen LogP contribution is -2.21. The summed E-state index contributed by atoms with van der Waals surface area (Å²) < 4.78 is 5.44. The van der Waals surface area contributed by atoms with Gasteiger partial charge in [0.1, 0.15) is 17.2 Å². The molecule has 2 aromatic heterocycles. The molecule has 0 unspecified atom stereocenters. The van der Waals surface area contributed by atoms with E-state index in [0.29, 0.717) is 6.54 Å². The second kappa shape index (κ2) is 6.63. The van der Waals surface area contributed by atoms with Crippen LogP contribution in [0.25, 0.3) is 11.0 Å². The van der Waals surface area contributed by atoms with Crippen molar-refractivity contribution in [3.05, 3.63) is 41.6 Å². The van der Waals surface area contributed by atoms with Crippen LogP contribution in [0.4, 0.5) is 11.8 Å². The maximum absolute atomic E-state index is 5.44. The molecule has 0 saturated carbocycles. The van der Waals surface area contributed by atoms with E-state index < -0.39 is 0 Å². The average molecular weight is 337 g/mol. The Morgan fingerprint density at radius 1 is 1.20 bits per heavy atom. The SMILES string of the molecule is COc1ccccc1CNc1nc(N2CCCC2)nc2[nH]c(C)cc12. The molecule has 1 aliphatic heterocycles. The van der Waals surface area contributed by atoms with Gasteiger partial charge in [-0.1, -0.05) is 18.2 Å². The van der Waals surface area contributed by atoms with Gasteiger partial charge in [0, 0.05) is 30.9 Å². The third kappa shape index (κ3) is 3.12. The third-order valence-corrected chi connectivity index (χ3v) is 4.64. The monoisotopic (exact) mass is 337 g/mol. The van der Waals surface area contributed by atoms with E-state index in [1.807, 2.05) is 25.1 Å². The molecule has 0 bridgehead atoms. The van der Waals surface area contributed by atoms with E-state index in [1.165, 1.54) is 12.8 Å². The quantitative estimate of drug-likeness (QED) is 0.746. The van der Waals surface area contributed by atoms with Crippen LogP contribution >= 0.6 is 0 Å². The standard InChI is InChI=1S/C19H23N5O/c1-13-11-15-17(20-12-14-7-3-4-8-16(14)25-2)22-19(23-18(15)21-13)24-9-5-6-10-24/h3-4,7-8,11H,5-6,9-10,12H2,1-2H3,(H2,20,21,22,23). The number of hydrogen-bond acceptors (Lipinski definition) is 5. The molecule has 0 spiro atoms. The number of methoxy groups -OCH3 is 1.